The molecular formula is C30H29N. The maximum absolute atomic E-state index is 2.30. The molecule has 0 heterocycles. The third kappa shape index (κ3) is 4.95. The Morgan fingerprint density at radius 1 is 0.484 bits per heavy atom. The van der Waals surface area contributed by atoms with Gasteiger partial charge in [0.05, 0.1) is 0 Å². The van der Waals surface area contributed by atoms with Crippen LogP contribution < -0.4 is 4.90 Å². The summed E-state index contributed by atoms with van der Waals surface area (Å²) in [6, 6.07) is 32.7. The van der Waals surface area contributed by atoms with Gasteiger partial charge in [0.1, 0.15) is 0 Å². The molecule has 0 atom stereocenters. The van der Waals surface area contributed by atoms with Crippen molar-refractivity contribution >= 4 is 29.2 Å². The average Bonchev–Trinajstić information content (AvgIpc) is 2.77. The highest BCUT2D eigenvalue weighted by molar-refractivity contribution is 5.78. The van der Waals surface area contributed by atoms with E-state index in [1.54, 1.807) is 0 Å². The van der Waals surface area contributed by atoms with E-state index in [0.29, 0.717) is 0 Å². The minimum atomic E-state index is 1.15. The van der Waals surface area contributed by atoms with Crippen LogP contribution in [0.2, 0.25) is 0 Å². The van der Waals surface area contributed by atoms with Gasteiger partial charge < -0.3 is 4.90 Å². The van der Waals surface area contributed by atoms with Crippen molar-refractivity contribution in [2.45, 2.75) is 27.7 Å². The first-order valence-electron chi connectivity index (χ1n) is 10.8. The molecule has 0 aliphatic rings. The van der Waals surface area contributed by atoms with E-state index in [2.05, 4.69) is 136 Å². The second kappa shape index (κ2) is 9.06. The summed E-state index contributed by atoms with van der Waals surface area (Å²) in [6.07, 6.45) is 4.38. The minimum absolute atomic E-state index is 1.15. The molecule has 0 unspecified atom stereocenters. The molecule has 1 nitrogen and oxygen atoms in total. The Hall–Kier alpha value is -3.58. The molecule has 4 aromatic rings. The molecular weight excluding hydrogens is 374 g/mol. The number of nitrogens with zero attached hydrogens (tertiary/aromatic N) is 1. The second-order valence-corrected chi connectivity index (χ2v) is 8.29. The first-order chi connectivity index (χ1) is 15.0. The molecule has 0 spiro atoms. The SMILES string of the molecule is Cc1ccc(N(c2ccc(C)cc2)c2ccc(/C=C/c3ccc(C)cc3C)cc2)cc1. The molecule has 4 rings (SSSR count). The maximum Gasteiger partial charge on any atom is 0.0462 e. The Balaban J connectivity index is 1.65. The fourth-order valence-electron chi connectivity index (χ4n) is 3.77. The lowest BCUT2D eigenvalue weighted by atomic mass is 10.0. The highest BCUT2D eigenvalue weighted by Crippen LogP contribution is 2.34. The molecule has 1 heteroatoms. The van der Waals surface area contributed by atoms with Crippen molar-refractivity contribution in [3.63, 3.8) is 0 Å². The van der Waals surface area contributed by atoms with E-state index in [4.69, 9.17) is 0 Å². The van der Waals surface area contributed by atoms with Crippen LogP contribution >= 0.6 is 0 Å². The van der Waals surface area contributed by atoms with E-state index in [1.807, 2.05) is 0 Å². The van der Waals surface area contributed by atoms with Gasteiger partial charge in [-0.1, -0.05) is 83.4 Å². The summed E-state index contributed by atoms with van der Waals surface area (Å²) >= 11 is 0. The van der Waals surface area contributed by atoms with Gasteiger partial charge in [0.25, 0.3) is 0 Å². The van der Waals surface area contributed by atoms with E-state index in [0.717, 1.165) is 17.1 Å². The molecule has 0 aromatic heterocycles. The van der Waals surface area contributed by atoms with Crippen LogP contribution in [-0.2, 0) is 0 Å². The fourth-order valence-corrected chi connectivity index (χ4v) is 3.77. The van der Waals surface area contributed by atoms with Crippen molar-refractivity contribution in [3.05, 3.63) is 124 Å². The van der Waals surface area contributed by atoms with Crippen molar-refractivity contribution in [1.82, 2.24) is 0 Å². The standard InChI is InChI=1S/C30H29N/c1-22-6-15-28(16-7-22)31(29-17-8-23(2)9-18-29)30-19-11-26(12-20-30)10-14-27-13-5-24(3)21-25(27)4/h5-21H,1-4H3/b14-10+. The first-order valence-corrected chi connectivity index (χ1v) is 10.8. The summed E-state index contributed by atoms with van der Waals surface area (Å²) in [7, 11) is 0. The number of hydrogen-bond donors (Lipinski definition) is 0. The molecule has 0 aliphatic carbocycles. The largest absolute Gasteiger partial charge is 0.311 e. The van der Waals surface area contributed by atoms with Gasteiger partial charge in [-0.25, -0.2) is 0 Å². The average molecular weight is 404 g/mol. The molecule has 4 aromatic carbocycles. The molecule has 0 radical (unpaired) electrons. The van der Waals surface area contributed by atoms with Crippen LogP contribution in [-0.4, -0.2) is 0 Å². The lowest BCUT2D eigenvalue weighted by Crippen LogP contribution is -2.09. The van der Waals surface area contributed by atoms with Crippen LogP contribution in [0.3, 0.4) is 0 Å². The lowest BCUT2D eigenvalue weighted by Gasteiger charge is -2.25. The van der Waals surface area contributed by atoms with Gasteiger partial charge in [-0.3, -0.25) is 0 Å². The molecule has 0 bridgehead atoms. The third-order valence-electron chi connectivity index (χ3n) is 5.62. The molecule has 0 aliphatic heterocycles. The number of rotatable bonds is 5. The van der Waals surface area contributed by atoms with Crippen LogP contribution in [0.5, 0.6) is 0 Å². The van der Waals surface area contributed by atoms with Gasteiger partial charge in [0.2, 0.25) is 0 Å². The summed E-state index contributed by atoms with van der Waals surface area (Å²) in [6.45, 7) is 8.54. The number of hydrogen-bond acceptors (Lipinski definition) is 1. The normalized spacial score (nSPS) is 11.1. The quantitative estimate of drug-likeness (QED) is 0.302. The van der Waals surface area contributed by atoms with E-state index < -0.39 is 0 Å². The fraction of sp³-hybridized carbons (Fsp3) is 0.133. The zero-order valence-corrected chi connectivity index (χ0v) is 18.8. The van der Waals surface area contributed by atoms with Crippen LogP contribution in [0.1, 0.15) is 33.4 Å². The summed E-state index contributed by atoms with van der Waals surface area (Å²) in [4.78, 5) is 2.30. The summed E-state index contributed by atoms with van der Waals surface area (Å²) in [5.41, 5.74) is 11.0. The minimum Gasteiger partial charge on any atom is -0.311 e. The highest BCUT2D eigenvalue weighted by Gasteiger charge is 2.12. The monoisotopic (exact) mass is 403 g/mol. The Morgan fingerprint density at radius 2 is 0.935 bits per heavy atom. The number of aryl methyl sites for hydroxylation is 4. The third-order valence-corrected chi connectivity index (χ3v) is 5.62. The molecule has 31 heavy (non-hydrogen) atoms. The molecule has 0 saturated carbocycles. The predicted octanol–water partition coefficient (Wildman–Crippen LogP) is 8.56. The van der Waals surface area contributed by atoms with Crippen LogP contribution in [0, 0.1) is 27.7 Å². The van der Waals surface area contributed by atoms with Crippen LogP contribution in [0.4, 0.5) is 17.1 Å². The maximum atomic E-state index is 2.30. The van der Waals surface area contributed by atoms with Crippen LogP contribution in [0.15, 0.2) is 91.0 Å². The number of anilines is 3. The van der Waals surface area contributed by atoms with Crippen molar-refractivity contribution in [2.24, 2.45) is 0 Å². The second-order valence-electron chi connectivity index (χ2n) is 8.29. The summed E-state index contributed by atoms with van der Waals surface area (Å²) in [5.74, 6) is 0. The Bertz CT molecular complexity index is 1140. The van der Waals surface area contributed by atoms with E-state index in [1.165, 1.54) is 33.4 Å². The molecule has 0 amide bonds. The predicted molar refractivity (Wildman–Crippen MR) is 135 cm³/mol. The topological polar surface area (TPSA) is 3.24 Å². The van der Waals surface area contributed by atoms with Gasteiger partial charge in [-0.2, -0.15) is 0 Å². The van der Waals surface area contributed by atoms with E-state index in [9.17, 15) is 0 Å². The first kappa shape index (κ1) is 20.7. The Labute approximate surface area is 186 Å². The Kier molecular flexibility index (Phi) is 6.04. The lowest BCUT2D eigenvalue weighted by molar-refractivity contribution is 1.27. The van der Waals surface area contributed by atoms with Crippen molar-refractivity contribution in [3.8, 4) is 0 Å². The van der Waals surface area contributed by atoms with Gasteiger partial charge in [0, 0.05) is 17.1 Å². The number of benzene rings is 4. The van der Waals surface area contributed by atoms with E-state index >= 15 is 0 Å². The van der Waals surface area contributed by atoms with Crippen molar-refractivity contribution in [1.29, 1.82) is 0 Å². The van der Waals surface area contributed by atoms with Crippen LogP contribution in [0.25, 0.3) is 12.2 Å². The Morgan fingerprint density at radius 3 is 1.42 bits per heavy atom. The zero-order valence-electron chi connectivity index (χ0n) is 18.8. The molecule has 0 saturated heterocycles. The van der Waals surface area contributed by atoms with Gasteiger partial charge in [-0.05, 0) is 80.8 Å². The van der Waals surface area contributed by atoms with Crippen molar-refractivity contribution < 1.29 is 0 Å². The summed E-state index contributed by atoms with van der Waals surface area (Å²) in [5, 5.41) is 0. The van der Waals surface area contributed by atoms with Gasteiger partial charge in [0.15, 0.2) is 0 Å². The highest BCUT2D eigenvalue weighted by atomic mass is 15.1. The van der Waals surface area contributed by atoms with Gasteiger partial charge in [-0.15, -0.1) is 0 Å². The summed E-state index contributed by atoms with van der Waals surface area (Å²) < 4.78 is 0. The molecule has 0 N–H and O–H groups in total. The smallest absolute Gasteiger partial charge is 0.0462 e. The van der Waals surface area contributed by atoms with Crippen molar-refractivity contribution in [2.75, 3.05) is 4.90 Å². The van der Waals surface area contributed by atoms with E-state index in [-0.39, 0.29) is 0 Å². The zero-order chi connectivity index (χ0) is 21.8. The molecule has 154 valence electrons. The van der Waals surface area contributed by atoms with Gasteiger partial charge >= 0.3 is 0 Å². The molecule has 0 fully saturated rings.